The summed E-state index contributed by atoms with van der Waals surface area (Å²) in [6.45, 7) is 4.09. The van der Waals surface area contributed by atoms with E-state index in [1.165, 1.54) is 43.5 Å². The maximum absolute atomic E-state index is 14.7. The number of pyridine rings is 2. The van der Waals surface area contributed by atoms with Crippen molar-refractivity contribution in [1.82, 2.24) is 9.97 Å². The van der Waals surface area contributed by atoms with Gasteiger partial charge < -0.3 is 24.4 Å². The number of unbranched alkanes of at least 4 members (excludes halogenated alkanes) is 2. The third-order valence-electron chi connectivity index (χ3n) is 10.9. The number of nitrogens with zero attached hydrogens (tertiary/aromatic N) is 2. The molecule has 2 N–H and O–H groups in total. The molecule has 6 aromatic rings. The van der Waals surface area contributed by atoms with Crippen molar-refractivity contribution in [2.75, 3.05) is 7.11 Å². The van der Waals surface area contributed by atoms with E-state index in [0.29, 0.717) is 70.2 Å². The van der Waals surface area contributed by atoms with Gasteiger partial charge in [-0.1, -0.05) is 75.2 Å². The highest BCUT2D eigenvalue weighted by molar-refractivity contribution is 5.67. The van der Waals surface area contributed by atoms with Gasteiger partial charge in [0.25, 0.3) is 0 Å². The molecule has 6 rings (SSSR count). The van der Waals surface area contributed by atoms with Gasteiger partial charge in [0.15, 0.2) is 11.6 Å². The lowest BCUT2D eigenvalue weighted by atomic mass is 10.0. The quantitative estimate of drug-likeness (QED) is 0.0678. The van der Waals surface area contributed by atoms with E-state index in [-0.39, 0.29) is 31.1 Å². The Balaban J connectivity index is 0.000000258. The van der Waals surface area contributed by atoms with Gasteiger partial charge in [-0.15, -0.1) is 0 Å². The summed E-state index contributed by atoms with van der Waals surface area (Å²) in [6.07, 6.45) is -4.49. The van der Waals surface area contributed by atoms with E-state index >= 15 is 0 Å². The molecule has 366 valence electrons. The topological polar surface area (TPSA) is 128 Å². The molecule has 2 heterocycles. The molecule has 0 aliphatic carbocycles. The van der Waals surface area contributed by atoms with Crippen LogP contribution in [0.2, 0.25) is 0 Å². The van der Waals surface area contributed by atoms with Crippen LogP contribution in [-0.2, 0) is 34.8 Å². The number of aromatic nitrogens is 2. The van der Waals surface area contributed by atoms with Crippen molar-refractivity contribution in [1.29, 1.82) is 0 Å². The number of carbonyl (C=O) groups is 2. The number of carboxylic acid groups (broad SMARTS) is 2. The molecular weight excluding hydrogens is 910 g/mol. The lowest BCUT2D eigenvalue weighted by Crippen LogP contribution is -2.11. The lowest BCUT2D eigenvalue weighted by Gasteiger charge is -2.20. The molecule has 69 heavy (non-hydrogen) atoms. The first-order valence-corrected chi connectivity index (χ1v) is 22.4. The van der Waals surface area contributed by atoms with E-state index < -0.39 is 47.3 Å². The van der Waals surface area contributed by atoms with Crippen molar-refractivity contribution in [2.24, 2.45) is 0 Å². The smallest absolute Gasteiger partial charge is 0.416 e. The highest BCUT2D eigenvalue weighted by Gasteiger charge is 2.31. The Morgan fingerprint density at radius 2 is 1.09 bits per heavy atom. The zero-order chi connectivity index (χ0) is 50.1. The van der Waals surface area contributed by atoms with Gasteiger partial charge >= 0.3 is 24.3 Å². The Morgan fingerprint density at radius 3 is 1.54 bits per heavy atom. The second-order valence-electron chi connectivity index (χ2n) is 16.1. The van der Waals surface area contributed by atoms with Crippen LogP contribution < -0.4 is 14.2 Å². The summed E-state index contributed by atoms with van der Waals surface area (Å²) in [4.78, 5) is 30.9. The predicted molar refractivity (Wildman–Crippen MR) is 246 cm³/mol. The van der Waals surface area contributed by atoms with Crippen molar-refractivity contribution in [3.8, 4) is 39.8 Å². The van der Waals surface area contributed by atoms with E-state index in [0.717, 1.165) is 55.5 Å². The van der Waals surface area contributed by atoms with Gasteiger partial charge in [0.1, 0.15) is 23.7 Å². The Labute approximate surface area is 396 Å². The molecule has 9 nitrogen and oxygen atoms in total. The second-order valence-corrected chi connectivity index (χ2v) is 16.1. The molecule has 0 aliphatic heterocycles. The number of methoxy groups -OCH3 is 1. The van der Waals surface area contributed by atoms with Crippen molar-refractivity contribution < 1.29 is 64.7 Å². The van der Waals surface area contributed by atoms with Gasteiger partial charge in [-0.05, 0) is 116 Å². The average molecular weight is 963 g/mol. The Bertz CT molecular complexity index is 2600. The van der Waals surface area contributed by atoms with Crippen LogP contribution in [0, 0.1) is 5.82 Å². The molecule has 4 aromatic carbocycles. The fourth-order valence-electron chi connectivity index (χ4n) is 7.17. The normalized spacial score (nSPS) is 12.3. The zero-order valence-electron chi connectivity index (χ0n) is 38.2. The number of carboxylic acids is 2. The first-order chi connectivity index (χ1) is 32.9. The maximum atomic E-state index is 14.7. The summed E-state index contributed by atoms with van der Waals surface area (Å²) >= 11 is 0. The first-order valence-electron chi connectivity index (χ1n) is 22.4. The van der Waals surface area contributed by atoms with Crippen LogP contribution in [0.15, 0.2) is 121 Å². The maximum Gasteiger partial charge on any atom is 0.416 e. The average Bonchev–Trinajstić information content (AvgIpc) is 3.33. The Hall–Kier alpha value is -6.97. The van der Waals surface area contributed by atoms with Gasteiger partial charge in [0, 0.05) is 30.0 Å². The van der Waals surface area contributed by atoms with Gasteiger partial charge in [0.2, 0.25) is 0 Å². The Morgan fingerprint density at radius 1 is 0.594 bits per heavy atom. The number of alkyl halides is 6. The molecule has 0 bridgehead atoms. The fraction of sp³-hybridized carbons (Fsp3) is 0.321. The van der Waals surface area contributed by atoms with E-state index in [1.807, 2.05) is 19.1 Å². The summed E-state index contributed by atoms with van der Waals surface area (Å²) in [5.74, 6) is -1.30. The van der Waals surface area contributed by atoms with Gasteiger partial charge in [-0.25, -0.2) is 14.4 Å². The molecule has 0 aliphatic rings. The fourth-order valence-corrected chi connectivity index (χ4v) is 7.17. The lowest BCUT2D eigenvalue weighted by molar-refractivity contribution is -0.138. The molecule has 0 saturated carbocycles. The zero-order valence-corrected chi connectivity index (χ0v) is 38.2. The van der Waals surface area contributed by atoms with Gasteiger partial charge in [0.05, 0.1) is 41.0 Å². The van der Waals surface area contributed by atoms with Crippen LogP contribution >= 0.6 is 0 Å². The van der Waals surface area contributed by atoms with E-state index in [1.54, 1.807) is 48.5 Å². The summed E-state index contributed by atoms with van der Waals surface area (Å²) in [5, 5.41) is 17.8. The number of rotatable bonds is 21. The summed E-state index contributed by atoms with van der Waals surface area (Å²) in [7, 11) is 1.52. The molecule has 0 radical (unpaired) electrons. The molecule has 2 aromatic heterocycles. The van der Waals surface area contributed by atoms with E-state index in [2.05, 4.69) is 11.9 Å². The highest BCUT2D eigenvalue weighted by Crippen LogP contribution is 2.35. The number of benzene rings is 4. The van der Waals surface area contributed by atoms with Crippen molar-refractivity contribution in [3.05, 3.63) is 161 Å². The molecular formula is C53H53F7N2O7. The SMILES string of the molecule is CCCC[C@@H](Oc1ccc(CCC(=O)O)c(OC)c1)c1cccc(-c2ccc(C(F)(F)F)cc2)n1.CCCC[C@H](Oc1ccc(CCC(=O)O)cc1F)c1cccc(-c2ccc(C(F)(F)F)cc2)n1. The number of aliphatic carboxylic acids is 2. The molecule has 0 fully saturated rings. The molecule has 0 spiro atoms. The van der Waals surface area contributed by atoms with Crippen LogP contribution in [0.25, 0.3) is 22.5 Å². The van der Waals surface area contributed by atoms with Crippen molar-refractivity contribution >= 4 is 11.9 Å². The third-order valence-corrected chi connectivity index (χ3v) is 10.9. The largest absolute Gasteiger partial charge is 0.496 e. The number of ether oxygens (including phenoxy) is 3. The molecule has 0 unspecified atom stereocenters. The minimum atomic E-state index is -4.42. The molecule has 0 amide bonds. The van der Waals surface area contributed by atoms with Crippen molar-refractivity contribution in [3.63, 3.8) is 0 Å². The van der Waals surface area contributed by atoms with Crippen LogP contribution in [0.3, 0.4) is 0 Å². The molecule has 16 heteroatoms. The predicted octanol–water partition coefficient (Wildman–Crippen LogP) is 14.3. The van der Waals surface area contributed by atoms with E-state index in [4.69, 9.17) is 29.4 Å². The minimum Gasteiger partial charge on any atom is -0.496 e. The number of halogens is 7. The summed E-state index contributed by atoms with van der Waals surface area (Å²) < 4.78 is 110. The van der Waals surface area contributed by atoms with Crippen LogP contribution in [-0.4, -0.2) is 39.2 Å². The van der Waals surface area contributed by atoms with Crippen LogP contribution in [0.1, 0.15) is 111 Å². The number of hydrogen-bond donors (Lipinski definition) is 2. The minimum absolute atomic E-state index is 0.00362. The number of hydrogen-bond acceptors (Lipinski definition) is 7. The molecule has 2 atom stereocenters. The van der Waals surface area contributed by atoms with Crippen molar-refractivity contribution in [2.45, 2.75) is 103 Å². The third kappa shape index (κ3) is 16.1. The standard InChI is InChI=1S/C27H28F3NO4.C26H25F4NO3/c1-3-4-8-24(35-21-15-11-19(12-16-26(32)33)25(17-21)34-2)23-7-5-6-22(31-23)18-9-13-20(14-10-18)27(28,29)30;1-2-3-7-24(34-23-14-8-17(16-20(23)27)9-15-25(32)33)22-6-4-5-21(31-22)18-10-12-19(13-11-18)26(28,29)30/h5-7,9-11,13-15,17,24H,3-4,8,12,16H2,1-2H3,(H,32,33);4-6,8,10-14,16,24H,2-3,7,9,15H2,1H3,(H,32,33)/t2*24-/m10/s1. The van der Waals surface area contributed by atoms with Crippen LogP contribution in [0.4, 0.5) is 30.7 Å². The second kappa shape index (κ2) is 24.9. The summed E-state index contributed by atoms with van der Waals surface area (Å²) in [6, 6.07) is 29.9. The molecule has 0 saturated heterocycles. The first kappa shape index (κ1) is 53.0. The van der Waals surface area contributed by atoms with Gasteiger partial charge in [-0.3, -0.25) is 9.59 Å². The highest BCUT2D eigenvalue weighted by atomic mass is 19.4. The summed E-state index contributed by atoms with van der Waals surface area (Å²) in [5.41, 5.74) is 3.25. The van der Waals surface area contributed by atoms with E-state index in [9.17, 15) is 40.3 Å². The Kier molecular flexibility index (Phi) is 19.1. The number of aryl methyl sites for hydroxylation is 2. The monoisotopic (exact) mass is 962 g/mol. The van der Waals surface area contributed by atoms with Gasteiger partial charge in [-0.2, -0.15) is 26.3 Å². The van der Waals surface area contributed by atoms with Crippen LogP contribution in [0.5, 0.6) is 17.2 Å².